The highest BCUT2D eigenvalue weighted by atomic mass is 32.2. The Hall–Kier alpha value is -2.26. The van der Waals surface area contributed by atoms with E-state index in [0.717, 1.165) is 25.5 Å². The molecule has 2 aromatic rings. The number of sulfonamides is 1. The number of amides is 1. The van der Waals surface area contributed by atoms with E-state index in [0.29, 0.717) is 30.9 Å². The number of rotatable bonds is 6. The molecule has 1 amide bonds. The van der Waals surface area contributed by atoms with E-state index in [2.05, 4.69) is 14.7 Å². The molecule has 3 rings (SSSR count). The van der Waals surface area contributed by atoms with Crippen molar-refractivity contribution in [3.63, 3.8) is 0 Å². The molecule has 1 fully saturated rings. The summed E-state index contributed by atoms with van der Waals surface area (Å²) in [6.45, 7) is 1.02. The molecule has 3 heterocycles. The highest BCUT2D eigenvalue weighted by Crippen LogP contribution is 2.22. The van der Waals surface area contributed by atoms with Crippen LogP contribution in [0.25, 0.3) is 5.82 Å². The van der Waals surface area contributed by atoms with Crippen LogP contribution in [0.15, 0.2) is 37.1 Å². The fourth-order valence-electron chi connectivity index (χ4n) is 3.20. The van der Waals surface area contributed by atoms with Crippen molar-refractivity contribution in [2.24, 2.45) is 0 Å². The fraction of sp³-hybridized carbons (Fsp3) is 0.471. The SMILES string of the molecule is CS(=O)(=O)NCCC1CCCCN1C(=O)c1ccc(-n2ccnc2)nc1. The van der Waals surface area contributed by atoms with Gasteiger partial charge in [-0.3, -0.25) is 9.36 Å². The minimum Gasteiger partial charge on any atom is -0.336 e. The van der Waals surface area contributed by atoms with Crippen LogP contribution in [0, 0.1) is 0 Å². The zero-order chi connectivity index (χ0) is 18.6. The number of piperidine rings is 1. The second kappa shape index (κ2) is 7.96. The van der Waals surface area contributed by atoms with Gasteiger partial charge in [-0.2, -0.15) is 0 Å². The summed E-state index contributed by atoms with van der Waals surface area (Å²) in [4.78, 5) is 23.1. The number of hydrogen-bond acceptors (Lipinski definition) is 5. The van der Waals surface area contributed by atoms with Gasteiger partial charge in [0, 0.05) is 37.7 Å². The van der Waals surface area contributed by atoms with Crippen molar-refractivity contribution < 1.29 is 13.2 Å². The number of pyridine rings is 1. The maximum Gasteiger partial charge on any atom is 0.255 e. The highest BCUT2D eigenvalue weighted by Gasteiger charge is 2.27. The van der Waals surface area contributed by atoms with Crippen molar-refractivity contribution in [2.75, 3.05) is 19.3 Å². The summed E-state index contributed by atoms with van der Waals surface area (Å²) < 4.78 is 26.7. The molecule has 1 atom stereocenters. The Morgan fingerprint density at radius 3 is 2.85 bits per heavy atom. The molecule has 2 aromatic heterocycles. The van der Waals surface area contributed by atoms with Crippen LogP contribution in [0.1, 0.15) is 36.0 Å². The lowest BCUT2D eigenvalue weighted by molar-refractivity contribution is 0.0603. The fourth-order valence-corrected chi connectivity index (χ4v) is 3.69. The standard InChI is InChI=1S/C17H23N5O3S/c1-26(24,25)20-8-7-15-4-2-3-10-22(15)17(23)14-5-6-16(19-12-14)21-11-9-18-13-21/h5-6,9,11-13,15,20H,2-4,7-8,10H2,1H3. The van der Waals surface area contributed by atoms with Crippen LogP contribution >= 0.6 is 0 Å². The van der Waals surface area contributed by atoms with Crippen LogP contribution < -0.4 is 4.72 Å². The Kier molecular flexibility index (Phi) is 5.67. The molecular formula is C17H23N5O3S. The molecule has 0 radical (unpaired) electrons. The first kappa shape index (κ1) is 18.5. The number of nitrogens with zero attached hydrogens (tertiary/aromatic N) is 4. The largest absolute Gasteiger partial charge is 0.336 e. The smallest absolute Gasteiger partial charge is 0.255 e. The number of aromatic nitrogens is 3. The van der Waals surface area contributed by atoms with Crippen molar-refractivity contribution in [3.8, 4) is 5.82 Å². The van der Waals surface area contributed by atoms with Gasteiger partial charge in [0.05, 0.1) is 11.8 Å². The number of carbonyl (C=O) groups excluding carboxylic acids is 1. The van der Waals surface area contributed by atoms with Crippen LogP contribution in [0.2, 0.25) is 0 Å². The topological polar surface area (TPSA) is 97.2 Å². The second-order valence-electron chi connectivity index (χ2n) is 6.48. The van der Waals surface area contributed by atoms with Crippen LogP contribution in [0.3, 0.4) is 0 Å². The minimum atomic E-state index is -3.21. The van der Waals surface area contributed by atoms with Gasteiger partial charge in [-0.15, -0.1) is 0 Å². The molecule has 0 saturated carbocycles. The van der Waals surface area contributed by atoms with Gasteiger partial charge in [-0.25, -0.2) is 23.1 Å². The maximum absolute atomic E-state index is 12.9. The zero-order valence-corrected chi connectivity index (χ0v) is 15.5. The van der Waals surface area contributed by atoms with Gasteiger partial charge < -0.3 is 4.90 Å². The summed E-state index contributed by atoms with van der Waals surface area (Å²) in [7, 11) is -3.21. The van der Waals surface area contributed by atoms with Crippen molar-refractivity contribution in [3.05, 3.63) is 42.6 Å². The van der Waals surface area contributed by atoms with Gasteiger partial charge >= 0.3 is 0 Å². The Labute approximate surface area is 153 Å². The number of nitrogens with one attached hydrogen (secondary N) is 1. The van der Waals surface area contributed by atoms with Gasteiger partial charge in [0.1, 0.15) is 12.1 Å². The van der Waals surface area contributed by atoms with E-state index in [9.17, 15) is 13.2 Å². The quantitative estimate of drug-likeness (QED) is 0.816. The lowest BCUT2D eigenvalue weighted by Gasteiger charge is -2.36. The second-order valence-corrected chi connectivity index (χ2v) is 8.31. The van der Waals surface area contributed by atoms with Gasteiger partial charge in [-0.05, 0) is 37.8 Å². The summed E-state index contributed by atoms with van der Waals surface area (Å²) in [5.41, 5.74) is 0.539. The summed E-state index contributed by atoms with van der Waals surface area (Å²) in [6.07, 6.45) is 11.3. The number of imidazole rings is 1. The molecule has 1 aliphatic rings. The lowest BCUT2D eigenvalue weighted by Crippen LogP contribution is -2.45. The summed E-state index contributed by atoms with van der Waals surface area (Å²) in [5, 5.41) is 0. The molecule has 1 N–H and O–H groups in total. The zero-order valence-electron chi connectivity index (χ0n) is 14.7. The van der Waals surface area contributed by atoms with Crippen molar-refractivity contribution >= 4 is 15.9 Å². The average Bonchev–Trinajstić information content (AvgIpc) is 3.15. The Bertz CT molecular complexity index is 834. The molecule has 1 saturated heterocycles. The van der Waals surface area contributed by atoms with E-state index in [4.69, 9.17) is 0 Å². The molecule has 140 valence electrons. The van der Waals surface area contributed by atoms with Crippen molar-refractivity contribution in [1.29, 1.82) is 0 Å². The first-order valence-corrected chi connectivity index (χ1v) is 10.5. The van der Waals surface area contributed by atoms with Crippen LogP contribution in [-0.2, 0) is 10.0 Å². The van der Waals surface area contributed by atoms with Crippen LogP contribution in [0.4, 0.5) is 0 Å². The molecule has 0 aliphatic carbocycles. The molecule has 0 aromatic carbocycles. The third-order valence-electron chi connectivity index (χ3n) is 4.49. The van der Waals surface area contributed by atoms with E-state index in [1.807, 2.05) is 4.90 Å². The van der Waals surface area contributed by atoms with Crippen LogP contribution in [-0.4, -0.2) is 59.1 Å². The summed E-state index contributed by atoms with van der Waals surface area (Å²) in [5.74, 6) is 0.644. The van der Waals surface area contributed by atoms with E-state index < -0.39 is 10.0 Å². The first-order valence-electron chi connectivity index (χ1n) is 8.64. The van der Waals surface area contributed by atoms with Gasteiger partial charge in [0.2, 0.25) is 10.0 Å². The molecular weight excluding hydrogens is 354 g/mol. The molecule has 1 aliphatic heterocycles. The van der Waals surface area contributed by atoms with E-state index in [1.54, 1.807) is 41.6 Å². The summed E-state index contributed by atoms with van der Waals surface area (Å²) >= 11 is 0. The Balaban J connectivity index is 1.67. The van der Waals surface area contributed by atoms with Crippen LogP contribution in [0.5, 0.6) is 0 Å². The average molecular weight is 377 g/mol. The lowest BCUT2D eigenvalue weighted by atomic mass is 9.98. The predicted molar refractivity (Wildman–Crippen MR) is 97.5 cm³/mol. The molecule has 26 heavy (non-hydrogen) atoms. The summed E-state index contributed by atoms with van der Waals surface area (Å²) in [6, 6.07) is 3.60. The normalized spacial score (nSPS) is 18.0. The molecule has 9 heteroatoms. The van der Waals surface area contributed by atoms with Gasteiger partial charge in [-0.1, -0.05) is 0 Å². The van der Waals surface area contributed by atoms with Gasteiger partial charge in [0.25, 0.3) is 5.91 Å². The van der Waals surface area contributed by atoms with E-state index in [-0.39, 0.29) is 11.9 Å². The molecule has 0 bridgehead atoms. The third kappa shape index (κ3) is 4.67. The highest BCUT2D eigenvalue weighted by molar-refractivity contribution is 7.88. The molecule has 0 spiro atoms. The first-order chi connectivity index (χ1) is 12.4. The maximum atomic E-state index is 12.9. The number of carbonyl (C=O) groups is 1. The number of likely N-dealkylation sites (tertiary alicyclic amines) is 1. The Morgan fingerprint density at radius 2 is 2.19 bits per heavy atom. The monoisotopic (exact) mass is 377 g/mol. The minimum absolute atomic E-state index is 0.0406. The number of hydrogen-bond donors (Lipinski definition) is 1. The van der Waals surface area contributed by atoms with Crippen molar-refractivity contribution in [1.82, 2.24) is 24.2 Å². The molecule has 1 unspecified atom stereocenters. The van der Waals surface area contributed by atoms with Crippen molar-refractivity contribution in [2.45, 2.75) is 31.7 Å². The van der Waals surface area contributed by atoms with E-state index in [1.165, 1.54) is 0 Å². The predicted octanol–water partition coefficient (Wildman–Crippen LogP) is 1.20. The third-order valence-corrected chi connectivity index (χ3v) is 5.22. The molecule has 8 nitrogen and oxygen atoms in total. The Morgan fingerprint density at radius 1 is 1.35 bits per heavy atom. The van der Waals surface area contributed by atoms with E-state index >= 15 is 0 Å². The van der Waals surface area contributed by atoms with Gasteiger partial charge in [0.15, 0.2) is 0 Å².